The quantitative estimate of drug-likeness (QED) is 0.823. The number of halogens is 1. The summed E-state index contributed by atoms with van der Waals surface area (Å²) in [6, 6.07) is 2.55. The van der Waals surface area contributed by atoms with E-state index in [1.54, 1.807) is 18.0 Å². The Hall–Kier alpha value is -2.15. The molecular weight excluding hydrogens is 338 g/mol. The number of carbonyl (C=O) groups is 1. The largest absolute Gasteiger partial charge is 0.507 e. The zero-order chi connectivity index (χ0) is 15.1. The van der Waals surface area contributed by atoms with Gasteiger partial charge < -0.3 is 15.1 Å². The maximum Gasteiger partial charge on any atom is 0.258 e. The van der Waals surface area contributed by atoms with Gasteiger partial charge in [-0.1, -0.05) is 0 Å². The first-order valence-corrected chi connectivity index (χ1v) is 7.07. The van der Waals surface area contributed by atoms with Gasteiger partial charge in [0.2, 0.25) is 0 Å². The molecule has 1 aliphatic rings. The molecule has 21 heavy (non-hydrogen) atoms. The maximum atomic E-state index is 12.5. The highest BCUT2D eigenvalue weighted by Gasteiger charge is 2.27. The molecule has 2 heterocycles. The minimum atomic E-state index is -0.316. The standard InChI is InChI=1S/C14H12BrN3O3/c1-7-16-4-8-5-18(6-11(8)17-7)14(21)9-2-10(15)13(20)3-12(9)19/h2-4,19-20H,5-6H2,1H3. The van der Waals surface area contributed by atoms with Gasteiger partial charge in [0.15, 0.2) is 0 Å². The predicted octanol–water partition coefficient (Wildman–Crippen LogP) is 2.11. The highest BCUT2D eigenvalue weighted by Crippen LogP contribution is 2.33. The van der Waals surface area contributed by atoms with Gasteiger partial charge in [-0.25, -0.2) is 9.97 Å². The molecule has 0 saturated heterocycles. The van der Waals surface area contributed by atoms with Crippen LogP contribution in [-0.2, 0) is 13.1 Å². The Morgan fingerprint density at radius 2 is 2.05 bits per heavy atom. The first-order valence-electron chi connectivity index (χ1n) is 6.28. The summed E-state index contributed by atoms with van der Waals surface area (Å²) < 4.78 is 0.357. The summed E-state index contributed by atoms with van der Waals surface area (Å²) >= 11 is 3.14. The Bertz CT molecular complexity index is 748. The molecule has 1 aromatic carbocycles. The lowest BCUT2D eigenvalue weighted by Gasteiger charge is -2.16. The van der Waals surface area contributed by atoms with E-state index in [1.807, 2.05) is 0 Å². The van der Waals surface area contributed by atoms with Crippen LogP contribution in [0.15, 0.2) is 22.8 Å². The second-order valence-corrected chi connectivity index (χ2v) is 5.73. The van der Waals surface area contributed by atoms with Crippen molar-refractivity contribution in [2.75, 3.05) is 0 Å². The van der Waals surface area contributed by atoms with E-state index in [-0.39, 0.29) is 23.0 Å². The molecule has 3 rings (SSSR count). The number of carbonyl (C=O) groups excluding carboxylic acids is 1. The second kappa shape index (κ2) is 5.00. The van der Waals surface area contributed by atoms with Crippen molar-refractivity contribution >= 4 is 21.8 Å². The van der Waals surface area contributed by atoms with Gasteiger partial charge in [-0.2, -0.15) is 0 Å². The fourth-order valence-electron chi connectivity index (χ4n) is 2.29. The number of aromatic nitrogens is 2. The zero-order valence-corrected chi connectivity index (χ0v) is 12.8. The van der Waals surface area contributed by atoms with Crippen molar-refractivity contribution in [1.29, 1.82) is 0 Å². The van der Waals surface area contributed by atoms with Gasteiger partial charge in [0.05, 0.1) is 22.3 Å². The normalized spacial score (nSPS) is 13.3. The molecule has 6 nitrogen and oxygen atoms in total. The lowest BCUT2D eigenvalue weighted by atomic mass is 10.1. The van der Waals surface area contributed by atoms with Crippen molar-refractivity contribution in [2.24, 2.45) is 0 Å². The molecule has 0 unspecified atom stereocenters. The molecule has 0 atom stereocenters. The number of benzene rings is 1. The number of aromatic hydroxyl groups is 2. The summed E-state index contributed by atoms with van der Waals surface area (Å²) in [5.41, 5.74) is 1.87. The van der Waals surface area contributed by atoms with Crippen LogP contribution in [-0.4, -0.2) is 31.0 Å². The van der Waals surface area contributed by atoms with Crippen molar-refractivity contribution in [3.8, 4) is 11.5 Å². The second-order valence-electron chi connectivity index (χ2n) is 4.87. The van der Waals surface area contributed by atoms with Crippen LogP contribution in [0.2, 0.25) is 0 Å². The van der Waals surface area contributed by atoms with E-state index in [2.05, 4.69) is 25.9 Å². The average Bonchev–Trinajstić information content (AvgIpc) is 2.85. The van der Waals surface area contributed by atoms with Crippen LogP contribution in [0.1, 0.15) is 27.4 Å². The van der Waals surface area contributed by atoms with Gasteiger partial charge in [-0.3, -0.25) is 4.79 Å². The van der Waals surface area contributed by atoms with E-state index < -0.39 is 0 Å². The number of aryl methyl sites for hydroxylation is 1. The third-order valence-electron chi connectivity index (χ3n) is 3.36. The number of rotatable bonds is 1. The Kier molecular flexibility index (Phi) is 3.29. The molecule has 0 radical (unpaired) electrons. The summed E-state index contributed by atoms with van der Waals surface area (Å²) in [4.78, 5) is 22.5. The molecule has 108 valence electrons. The molecule has 1 aromatic heterocycles. The average molecular weight is 350 g/mol. The summed E-state index contributed by atoms with van der Waals surface area (Å²) in [5.74, 6) is -0.0173. The van der Waals surface area contributed by atoms with E-state index in [0.29, 0.717) is 23.4 Å². The van der Waals surface area contributed by atoms with Gasteiger partial charge in [0.25, 0.3) is 5.91 Å². The minimum absolute atomic E-state index is 0.116. The van der Waals surface area contributed by atoms with Crippen molar-refractivity contribution in [1.82, 2.24) is 14.9 Å². The lowest BCUT2D eigenvalue weighted by Crippen LogP contribution is -2.25. The van der Waals surface area contributed by atoms with E-state index in [4.69, 9.17) is 0 Å². The summed E-state index contributed by atoms with van der Waals surface area (Å²) in [5, 5.41) is 19.3. The monoisotopic (exact) mass is 349 g/mol. The topological polar surface area (TPSA) is 86.6 Å². The molecule has 2 aromatic rings. The molecule has 0 bridgehead atoms. The maximum absolute atomic E-state index is 12.5. The smallest absolute Gasteiger partial charge is 0.258 e. The summed E-state index contributed by atoms with van der Waals surface area (Å²) in [6.45, 7) is 2.59. The van der Waals surface area contributed by atoms with Crippen molar-refractivity contribution in [3.05, 3.63) is 45.4 Å². The third-order valence-corrected chi connectivity index (χ3v) is 3.99. The molecule has 0 aliphatic carbocycles. The van der Waals surface area contributed by atoms with Crippen LogP contribution in [0.25, 0.3) is 0 Å². The Balaban J connectivity index is 1.90. The third kappa shape index (κ3) is 2.44. The van der Waals surface area contributed by atoms with Crippen molar-refractivity contribution < 1.29 is 15.0 Å². The van der Waals surface area contributed by atoms with E-state index in [1.165, 1.54) is 6.07 Å². The molecule has 0 fully saturated rings. The minimum Gasteiger partial charge on any atom is -0.507 e. The number of phenols is 2. The Labute approximate surface area is 129 Å². The number of phenolic OH excluding ortho intramolecular Hbond substituents is 2. The highest BCUT2D eigenvalue weighted by atomic mass is 79.9. The first kappa shape index (κ1) is 13.8. The molecule has 7 heteroatoms. The van der Waals surface area contributed by atoms with Crippen LogP contribution < -0.4 is 0 Å². The number of hydrogen-bond donors (Lipinski definition) is 2. The van der Waals surface area contributed by atoms with Crippen LogP contribution >= 0.6 is 15.9 Å². The van der Waals surface area contributed by atoms with Crippen molar-refractivity contribution in [3.63, 3.8) is 0 Å². The molecule has 1 aliphatic heterocycles. The molecule has 0 saturated carbocycles. The van der Waals surface area contributed by atoms with Crippen LogP contribution in [0, 0.1) is 6.92 Å². The van der Waals surface area contributed by atoms with Gasteiger partial charge in [-0.15, -0.1) is 0 Å². The molecule has 2 N–H and O–H groups in total. The Morgan fingerprint density at radius 1 is 1.29 bits per heavy atom. The lowest BCUT2D eigenvalue weighted by molar-refractivity contribution is 0.0747. The number of amides is 1. The zero-order valence-electron chi connectivity index (χ0n) is 11.2. The van der Waals surface area contributed by atoms with Gasteiger partial charge in [-0.05, 0) is 28.9 Å². The van der Waals surface area contributed by atoms with Crippen LogP contribution in [0.4, 0.5) is 0 Å². The number of hydrogen-bond acceptors (Lipinski definition) is 5. The van der Waals surface area contributed by atoms with Gasteiger partial charge >= 0.3 is 0 Å². The summed E-state index contributed by atoms with van der Waals surface area (Å²) in [6.07, 6.45) is 1.72. The van der Waals surface area contributed by atoms with E-state index in [0.717, 1.165) is 17.3 Å². The number of nitrogens with zero attached hydrogens (tertiary/aromatic N) is 3. The van der Waals surface area contributed by atoms with Gasteiger partial charge in [0.1, 0.15) is 17.3 Å². The van der Waals surface area contributed by atoms with E-state index in [9.17, 15) is 15.0 Å². The molecule has 1 amide bonds. The Morgan fingerprint density at radius 3 is 2.81 bits per heavy atom. The fraction of sp³-hybridized carbons (Fsp3) is 0.214. The van der Waals surface area contributed by atoms with Crippen molar-refractivity contribution in [2.45, 2.75) is 20.0 Å². The van der Waals surface area contributed by atoms with Crippen LogP contribution in [0.5, 0.6) is 11.5 Å². The van der Waals surface area contributed by atoms with Gasteiger partial charge in [0, 0.05) is 24.4 Å². The molecule has 0 spiro atoms. The van der Waals surface area contributed by atoms with Crippen LogP contribution in [0.3, 0.4) is 0 Å². The summed E-state index contributed by atoms with van der Waals surface area (Å²) in [7, 11) is 0. The van der Waals surface area contributed by atoms with E-state index >= 15 is 0 Å². The number of fused-ring (bicyclic) bond motifs is 1. The highest BCUT2D eigenvalue weighted by molar-refractivity contribution is 9.10. The molecular formula is C14H12BrN3O3. The first-order chi connectivity index (χ1) is 9.95. The SMILES string of the molecule is Cc1ncc2c(n1)CN(C(=O)c1cc(Br)c(O)cc1O)C2. The predicted molar refractivity (Wildman–Crippen MR) is 77.8 cm³/mol. The fourth-order valence-corrected chi connectivity index (χ4v) is 2.63.